The number of aryl methyl sites for hydroxylation is 1. The van der Waals surface area contributed by atoms with E-state index in [0.717, 1.165) is 18.4 Å². The molecule has 0 saturated heterocycles. The molecule has 2 nitrogen and oxygen atoms in total. The van der Waals surface area contributed by atoms with E-state index in [4.69, 9.17) is 5.26 Å². The molecule has 1 aromatic rings. The summed E-state index contributed by atoms with van der Waals surface area (Å²) in [5, 5.41) is 8.87. The summed E-state index contributed by atoms with van der Waals surface area (Å²) in [6, 6.07) is 10.5. The molecule has 0 saturated carbocycles. The van der Waals surface area contributed by atoms with Crippen LogP contribution in [0, 0.1) is 24.2 Å². The van der Waals surface area contributed by atoms with Crippen molar-refractivity contribution in [2.24, 2.45) is 10.9 Å². The Morgan fingerprint density at radius 1 is 1.38 bits per heavy atom. The molecule has 0 aliphatic rings. The molecule has 16 heavy (non-hydrogen) atoms. The van der Waals surface area contributed by atoms with E-state index in [-0.39, 0.29) is 5.92 Å². The zero-order valence-electron chi connectivity index (χ0n) is 9.98. The summed E-state index contributed by atoms with van der Waals surface area (Å²) in [5.74, 6) is 0.0618. The van der Waals surface area contributed by atoms with Crippen molar-refractivity contribution in [3.63, 3.8) is 0 Å². The van der Waals surface area contributed by atoms with Gasteiger partial charge in [-0.2, -0.15) is 5.26 Å². The van der Waals surface area contributed by atoms with Gasteiger partial charge in [0.1, 0.15) is 0 Å². The van der Waals surface area contributed by atoms with Gasteiger partial charge in [-0.3, -0.25) is 4.99 Å². The Labute approximate surface area is 97.6 Å². The number of hydrogen-bond donors (Lipinski definition) is 0. The lowest BCUT2D eigenvalue weighted by atomic mass is 10.1. The number of benzene rings is 1. The molecule has 0 aliphatic carbocycles. The van der Waals surface area contributed by atoms with Gasteiger partial charge in [0, 0.05) is 6.21 Å². The normalized spacial score (nSPS) is 12.6. The van der Waals surface area contributed by atoms with E-state index in [1.54, 1.807) is 0 Å². The Balaban J connectivity index is 2.48. The Morgan fingerprint density at radius 2 is 2.06 bits per heavy atom. The third-order valence-corrected chi connectivity index (χ3v) is 2.46. The monoisotopic (exact) mass is 214 g/mol. The average Bonchev–Trinajstić information content (AvgIpc) is 2.30. The first-order valence-corrected chi connectivity index (χ1v) is 5.72. The van der Waals surface area contributed by atoms with Gasteiger partial charge in [-0.25, -0.2) is 0 Å². The van der Waals surface area contributed by atoms with Crippen LogP contribution in [0.1, 0.15) is 30.9 Å². The van der Waals surface area contributed by atoms with Crippen molar-refractivity contribution in [3.8, 4) is 6.07 Å². The van der Waals surface area contributed by atoms with Crippen LogP contribution in [0.2, 0.25) is 0 Å². The van der Waals surface area contributed by atoms with Gasteiger partial charge in [0.2, 0.25) is 0 Å². The summed E-state index contributed by atoms with van der Waals surface area (Å²) < 4.78 is 0. The van der Waals surface area contributed by atoms with E-state index in [9.17, 15) is 0 Å². The topological polar surface area (TPSA) is 36.1 Å². The standard InChI is InChI=1S/C14H18N2/c1-3-4-14(9-15)11-16-10-13-7-5-12(2)6-8-13/h5-8,10,14H,3-4,11H2,1-2H3. The number of rotatable bonds is 5. The first kappa shape index (κ1) is 12.4. The zero-order valence-corrected chi connectivity index (χ0v) is 9.98. The molecule has 1 atom stereocenters. The summed E-state index contributed by atoms with van der Waals surface area (Å²) >= 11 is 0. The van der Waals surface area contributed by atoms with Crippen molar-refractivity contribution in [2.45, 2.75) is 26.7 Å². The summed E-state index contributed by atoms with van der Waals surface area (Å²) in [4.78, 5) is 4.31. The van der Waals surface area contributed by atoms with Crippen molar-refractivity contribution in [3.05, 3.63) is 35.4 Å². The molecular weight excluding hydrogens is 196 g/mol. The molecule has 0 fully saturated rings. The second-order valence-corrected chi connectivity index (χ2v) is 4.02. The average molecular weight is 214 g/mol. The Morgan fingerprint density at radius 3 is 2.62 bits per heavy atom. The first-order chi connectivity index (χ1) is 7.76. The summed E-state index contributed by atoms with van der Waals surface area (Å²) in [5.41, 5.74) is 2.34. The van der Waals surface area contributed by atoms with E-state index in [2.05, 4.69) is 37.0 Å². The van der Waals surface area contributed by atoms with E-state index in [1.807, 2.05) is 18.3 Å². The van der Waals surface area contributed by atoms with Crippen LogP contribution in [0.3, 0.4) is 0 Å². The van der Waals surface area contributed by atoms with Gasteiger partial charge in [0.25, 0.3) is 0 Å². The number of aliphatic imine (C=N–C) groups is 1. The lowest BCUT2D eigenvalue weighted by Gasteiger charge is -2.02. The van der Waals surface area contributed by atoms with Crippen LogP contribution in [-0.4, -0.2) is 12.8 Å². The molecule has 0 N–H and O–H groups in total. The van der Waals surface area contributed by atoms with E-state index < -0.39 is 0 Å². The molecular formula is C14H18N2. The van der Waals surface area contributed by atoms with Crippen LogP contribution in [0.4, 0.5) is 0 Å². The van der Waals surface area contributed by atoms with Crippen LogP contribution in [0.5, 0.6) is 0 Å². The van der Waals surface area contributed by atoms with Crippen molar-refractivity contribution in [1.29, 1.82) is 5.26 Å². The smallest absolute Gasteiger partial charge is 0.0675 e. The number of hydrogen-bond acceptors (Lipinski definition) is 2. The third kappa shape index (κ3) is 4.27. The predicted molar refractivity (Wildman–Crippen MR) is 67.7 cm³/mol. The quantitative estimate of drug-likeness (QED) is 0.692. The van der Waals surface area contributed by atoms with Crippen LogP contribution in [-0.2, 0) is 0 Å². The summed E-state index contributed by atoms with van der Waals surface area (Å²) in [6.07, 6.45) is 3.82. The van der Waals surface area contributed by atoms with Gasteiger partial charge >= 0.3 is 0 Å². The highest BCUT2D eigenvalue weighted by Gasteiger charge is 2.03. The van der Waals surface area contributed by atoms with Crippen LogP contribution in [0.15, 0.2) is 29.3 Å². The van der Waals surface area contributed by atoms with Crippen molar-refractivity contribution >= 4 is 6.21 Å². The van der Waals surface area contributed by atoms with Gasteiger partial charge in [-0.15, -0.1) is 0 Å². The van der Waals surface area contributed by atoms with Crippen LogP contribution < -0.4 is 0 Å². The van der Waals surface area contributed by atoms with Gasteiger partial charge in [-0.05, 0) is 18.9 Å². The highest BCUT2D eigenvalue weighted by Crippen LogP contribution is 2.05. The third-order valence-electron chi connectivity index (χ3n) is 2.46. The van der Waals surface area contributed by atoms with E-state index >= 15 is 0 Å². The van der Waals surface area contributed by atoms with Crippen molar-refractivity contribution in [2.75, 3.05) is 6.54 Å². The lowest BCUT2D eigenvalue weighted by molar-refractivity contribution is 0.605. The molecule has 84 valence electrons. The highest BCUT2D eigenvalue weighted by atomic mass is 14.7. The zero-order chi connectivity index (χ0) is 11.8. The molecule has 1 rings (SSSR count). The number of nitriles is 1. The Bertz CT molecular complexity index is 371. The summed E-state index contributed by atoms with van der Waals surface area (Å²) in [7, 11) is 0. The Kier molecular flexibility index (Phi) is 5.28. The molecule has 1 unspecified atom stereocenters. The molecule has 0 heterocycles. The van der Waals surface area contributed by atoms with Crippen molar-refractivity contribution < 1.29 is 0 Å². The fourth-order valence-corrected chi connectivity index (χ4v) is 1.48. The molecule has 0 bridgehead atoms. The second kappa shape index (κ2) is 6.79. The maximum atomic E-state index is 8.87. The first-order valence-electron chi connectivity index (χ1n) is 5.72. The molecule has 1 aromatic carbocycles. The van der Waals surface area contributed by atoms with Gasteiger partial charge < -0.3 is 0 Å². The van der Waals surface area contributed by atoms with Crippen LogP contribution >= 0.6 is 0 Å². The van der Waals surface area contributed by atoms with E-state index in [1.165, 1.54) is 5.56 Å². The fourth-order valence-electron chi connectivity index (χ4n) is 1.48. The molecule has 0 aliphatic heterocycles. The number of nitrogens with zero attached hydrogens (tertiary/aromatic N) is 2. The van der Waals surface area contributed by atoms with Gasteiger partial charge in [0.05, 0.1) is 18.5 Å². The largest absolute Gasteiger partial charge is 0.291 e. The minimum atomic E-state index is 0.0618. The van der Waals surface area contributed by atoms with Crippen molar-refractivity contribution in [1.82, 2.24) is 0 Å². The van der Waals surface area contributed by atoms with E-state index in [0.29, 0.717) is 6.54 Å². The predicted octanol–water partition coefficient (Wildman–Crippen LogP) is 3.35. The summed E-state index contributed by atoms with van der Waals surface area (Å²) in [6.45, 7) is 4.76. The maximum Gasteiger partial charge on any atom is 0.0675 e. The molecule has 0 amide bonds. The van der Waals surface area contributed by atoms with Gasteiger partial charge in [0.15, 0.2) is 0 Å². The highest BCUT2D eigenvalue weighted by molar-refractivity contribution is 5.79. The fraction of sp³-hybridized carbons (Fsp3) is 0.429. The maximum absolute atomic E-state index is 8.87. The van der Waals surface area contributed by atoms with Gasteiger partial charge in [-0.1, -0.05) is 43.2 Å². The molecule has 0 aromatic heterocycles. The van der Waals surface area contributed by atoms with Crippen LogP contribution in [0.25, 0.3) is 0 Å². The lowest BCUT2D eigenvalue weighted by Crippen LogP contribution is -2.01. The minimum Gasteiger partial charge on any atom is -0.291 e. The molecule has 0 radical (unpaired) electrons. The molecule has 2 heteroatoms. The second-order valence-electron chi connectivity index (χ2n) is 4.02. The molecule has 0 spiro atoms. The Hall–Kier alpha value is -1.62. The SMILES string of the molecule is CCCC(C#N)CN=Cc1ccc(C)cc1. The minimum absolute atomic E-state index is 0.0618.